The summed E-state index contributed by atoms with van der Waals surface area (Å²) in [7, 11) is 1.66. The summed E-state index contributed by atoms with van der Waals surface area (Å²) in [5, 5.41) is 11.7. The number of nitrogens with one attached hydrogen (secondary N) is 1. The maximum atomic E-state index is 10.4. The number of methoxy groups -OCH3 is 1. The number of carboxylic acids is 1. The monoisotopic (exact) mass is 237 g/mol. The molecule has 0 amide bonds. The Morgan fingerprint density at radius 3 is 2.53 bits per heavy atom. The molecule has 0 fully saturated rings. The first kappa shape index (κ1) is 13.4. The van der Waals surface area contributed by atoms with E-state index in [1.54, 1.807) is 7.11 Å². The van der Waals surface area contributed by atoms with Crippen LogP contribution in [-0.2, 0) is 4.79 Å². The van der Waals surface area contributed by atoms with Gasteiger partial charge in [-0.15, -0.1) is 0 Å². The molecule has 4 nitrogen and oxygen atoms in total. The summed E-state index contributed by atoms with van der Waals surface area (Å²) in [6, 6.07) is 1.99. The maximum absolute atomic E-state index is 10.4. The molecule has 0 saturated carbocycles. The lowest BCUT2D eigenvalue weighted by Gasteiger charge is -2.16. The van der Waals surface area contributed by atoms with Crippen molar-refractivity contribution in [3.63, 3.8) is 0 Å². The molecule has 0 aromatic heterocycles. The summed E-state index contributed by atoms with van der Waals surface area (Å²) in [6.07, 6.45) is 0.115. The van der Waals surface area contributed by atoms with Crippen LogP contribution in [0.3, 0.4) is 0 Å². The van der Waals surface area contributed by atoms with Crippen molar-refractivity contribution in [3.8, 4) is 5.75 Å². The van der Waals surface area contributed by atoms with Gasteiger partial charge in [-0.3, -0.25) is 4.79 Å². The van der Waals surface area contributed by atoms with Crippen LogP contribution in [0.15, 0.2) is 6.07 Å². The highest BCUT2D eigenvalue weighted by Crippen LogP contribution is 2.31. The molecule has 2 N–H and O–H groups in total. The lowest BCUT2D eigenvalue weighted by Crippen LogP contribution is -2.09. The van der Waals surface area contributed by atoms with E-state index in [4.69, 9.17) is 9.84 Å². The summed E-state index contributed by atoms with van der Waals surface area (Å²) in [4.78, 5) is 10.4. The molecule has 1 aromatic carbocycles. The van der Waals surface area contributed by atoms with Gasteiger partial charge in [0.1, 0.15) is 5.75 Å². The molecule has 0 radical (unpaired) electrons. The van der Waals surface area contributed by atoms with Crippen LogP contribution in [-0.4, -0.2) is 24.7 Å². The van der Waals surface area contributed by atoms with E-state index in [0.29, 0.717) is 6.54 Å². The topological polar surface area (TPSA) is 58.6 Å². The highest BCUT2D eigenvalue weighted by atomic mass is 16.5. The fourth-order valence-electron chi connectivity index (χ4n) is 1.86. The van der Waals surface area contributed by atoms with Gasteiger partial charge in [0.2, 0.25) is 0 Å². The van der Waals surface area contributed by atoms with Gasteiger partial charge in [-0.2, -0.15) is 0 Å². The molecular formula is C13H19NO3. The quantitative estimate of drug-likeness (QED) is 0.826. The van der Waals surface area contributed by atoms with E-state index in [9.17, 15) is 4.79 Å². The second-order valence-corrected chi connectivity index (χ2v) is 4.09. The van der Waals surface area contributed by atoms with Crippen molar-refractivity contribution in [2.24, 2.45) is 0 Å². The number of hydrogen-bond acceptors (Lipinski definition) is 3. The Kier molecular flexibility index (Phi) is 4.37. The number of carboxylic acid groups (broad SMARTS) is 1. The van der Waals surface area contributed by atoms with E-state index >= 15 is 0 Å². The molecule has 0 aliphatic carbocycles. The second-order valence-electron chi connectivity index (χ2n) is 4.09. The van der Waals surface area contributed by atoms with E-state index in [1.807, 2.05) is 26.8 Å². The van der Waals surface area contributed by atoms with Crippen molar-refractivity contribution in [1.29, 1.82) is 0 Å². The minimum Gasteiger partial charge on any atom is -0.496 e. The van der Waals surface area contributed by atoms with Gasteiger partial charge in [0.25, 0.3) is 0 Å². The van der Waals surface area contributed by atoms with Crippen LogP contribution >= 0.6 is 0 Å². The molecule has 1 rings (SSSR count). The third-order valence-electron chi connectivity index (χ3n) is 2.88. The first-order valence-corrected chi connectivity index (χ1v) is 5.57. The van der Waals surface area contributed by atoms with E-state index in [0.717, 1.165) is 28.1 Å². The third-order valence-corrected chi connectivity index (χ3v) is 2.88. The van der Waals surface area contributed by atoms with Crippen LogP contribution in [0.25, 0.3) is 0 Å². The largest absolute Gasteiger partial charge is 0.496 e. The number of carbonyl (C=O) groups is 1. The van der Waals surface area contributed by atoms with E-state index < -0.39 is 5.97 Å². The van der Waals surface area contributed by atoms with Crippen molar-refractivity contribution >= 4 is 11.7 Å². The van der Waals surface area contributed by atoms with Crippen LogP contribution < -0.4 is 10.1 Å². The van der Waals surface area contributed by atoms with Crippen LogP contribution in [0.4, 0.5) is 5.69 Å². The fourth-order valence-corrected chi connectivity index (χ4v) is 1.86. The average Bonchev–Trinajstić information content (AvgIpc) is 2.25. The third kappa shape index (κ3) is 3.12. The lowest BCUT2D eigenvalue weighted by molar-refractivity contribution is -0.136. The molecule has 0 saturated heterocycles. The Morgan fingerprint density at radius 1 is 1.35 bits per heavy atom. The van der Waals surface area contributed by atoms with E-state index in [1.165, 1.54) is 0 Å². The highest BCUT2D eigenvalue weighted by molar-refractivity contribution is 5.68. The van der Waals surface area contributed by atoms with E-state index in [-0.39, 0.29) is 6.42 Å². The average molecular weight is 237 g/mol. The van der Waals surface area contributed by atoms with Crippen molar-refractivity contribution in [3.05, 3.63) is 22.8 Å². The Hall–Kier alpha value is -1.71. The zero-order chi connectivity index (χ0) is 13.0. The molecule has 94 valence electrons. The first-order valence-electron chi connectivity index (χ1n) is 5.57. The molecule has 0 aliphatic rings. The van der Waals surface area contributed by atoms with Crippen LogP contribution in [0.5, 0.6) is 5.75 Å². The van der Waals surface area contributed by atoms with E-state index in [2.05, 4.69) is 5.32 Å². The van der Waals surface area contributed by atoms with Gasteiger partial charge >= 0.3 is 5.97 Å². The highest BCUT2D eigenvalue weighted by Gasteiger charge is 2.10. The molecule has 0 unspecified atom stereocenters. The fraction of sp³-hybridized carbons (Fsp3) is 0.462. The predicted octanol–water partition coefficient (Wildman–Crippen LogP) is 2.51. The van der Waals surface area contributed by atoms with Gasteiger partial charge in [0, 0.05) is 12.2 Å². The van der Waals surface area contributed by atoms with Crippen LogP contribution in [0.2, 0.25) is 0 Å². The molecule has 4 heteroatoms. The summed E-state index contributed by atoms with van der Waals surface area (Å²) in [6.45, 7) is 6.42. The summed E-state index contributed by atoms with van der Waals surface area (Å²) >= 11 is 0. The van der Waals surface area contributed by atoms with Crippen LogP contribution in [0.1, 0.15) is 23.1 Å². The number of ether oxygens (including phenoxy) is 1. The number of rotatable bonds is 5. The van der Waals surface area contributed by atoms with Gasteiger partial charge < -0.3 is 15.2 Å². The van der Waals surface area contributed by atoms with Crippen molar-refractivity contribution < 1.29 is 14.6 Å². The maximum Gasteiger partial charge on any atom is 0.305 e. The van der Waals surface area contributed by atoms with Gasteiger partial charge in [0.15, 0.2) is 0 Å². The zero-order valence-corrected chi connectivity index (χ0v) is 10.8. The Bertz CT molecular complexity index is 427. The number of anilines is 1. The SMILES string of the molecule is COc1c(C)cc(NCCC(=O)O)c(C)c1C. The van der Waals surface area contributed by atoms with Crippen molar-refractivity contribution in [2.45, 2.75) is 27.2 Å². The molecule has 1 aromatic rings. The predicted molar refractivity (Wildman–Crippen MR) is 67.9 cm³/mol. The van der Waals surface area contributed by atoms with Gasteiger partial charge in [-0.1, -0.05) is 0 Å². The molecule has 17 heavy (non-hydrogen) atoms. The normalized spacial score (nSPS) is 10.1. The Balaban J connectivity index is 2.90. The van der Waals surface area contributed by atoms with Crippen molar-refractivity contribution in [2.75, 3.05) is 19.0 Å². The minimum atomic E-state index is -0.794. The van der Waals surface area contributed by atoms with Crippen LogP contribution in [0, 0.1) is 20.8 Å². The van der Waals surface area contributed by atoms with Gasteiger partial charge in [-0.25, -0.2) is 0 Å². The Labute approximate surface area is 102 Å². The summed E-state index contributed by atoms with van der Waals surface area (Å²) in [5.41, 5.74) is 4.21. The number of benzene rings is 1. The lowest BCUT2D eigenvalue weighted by atomic mass is 10.0. The van der Waals surface area contributed by atoms with Gasteiger partial charge in [0.05, 0.1) is 13.5 Å². The molecule has 0 heterocycles. The molecular weight excluding hydrogens is 218 g/mol. The smallest absolute Gasteiger partial charge is 0.305 e. The molecule has 0 bridgehead atoms. The Morgan fingerprint density at radius 2 is 2.00 bits per heavy atom. The second kappa shape index (κ2) is 5.57. The summed E-state index contributed by atoms with van der Waals surface area (Å²) in [5.74, 6) is 0.100. The van der Waals surface area contributed by atoms with Crippen molar-refractivity contribution in [1.82, 2.24) is 0 Å². The molecule has 0 atom stereocenters. The minimum absolute atomic E-state index is 0.115. The number of aryl methyl sites for hydroxylation is 1. The number of aliphatic carboxylic acids is 1. The zero-order valence-electron chi connectivity index (χ0n) is 10.8. The summed E-state index contributed by atoms with van der Waals surface area (Å²) < 4.78 is 5.33. The first-order chi connectivity index (χ1) is 7.97. The molecule has 0 spiro atoms. The standard InChI is InChI=1S/C13H19NO3/c1-8-7-11(14-6-5-12(15)16)9(2)10(3)13(8)17-4/h7,14H,5-6H2,1-4H3,(H,15,16). The van der Waals surface area contributed by atoms with Gasteiger partial charge in [-0.05, 0) is 43.5 Å². The molecule has 0 aliphatic heterocycles. The number of hydrogen-bond donors (Lipinski definition) is 2.